The maximum Gasteiger partial charge on any atom is 0.246 e. The smallest absolute Gasteiger partial charge is 0.246 e. The number of amides is 1. The molecule has 74 valence electrons. The molecular weight excluding hydrogens is 244 g/mol. The van der Waals surface area contributed by atoms with Gasteiger partial charge in [-0.05, 0) is 18.7 Å². The summed E-state index contributed by atoms with van der Waals surface area (Å²) >= 11 is 3.45. The molecule has 4 heteroatoms. The normalized spacial score (nSPS) is 19.3. The van der Waals surface area contributed by atoms with Crippen LogP contribution in [-0.4, -0.2) is 12.5 Å². The zero-order chi connectivity index (χ0) is 10.1. The van der Waals surface area contributed by atoms with Gasteiger partial charge in [0.2, 0.25) is 5.91 Å². The molecule has 1 aliphatic heterocycles. The third-order valence-corrected chi connectivity index (χ3v) is 2.96. The van der Waals surface area contributed by atoms with Gasteiger partial charge in [0.15, 0.2) is 0 Å². The fourth-order valence-electron chi connectivity index (χ4n) is 1.67. The second-order valence-corrected chi connectivity index (χ2v) is 4.04. The molecule has 1 aromatic rings. The van der Waals surface area contributed by atoms with Crippen LogP contribution >= 0.6 is 15.9 Å². The number of hydrogen-bond acceptors (Lipinski definition) is 2. The molecule has 2 N–H and O–H groups in total. The van der Waals surface area contributed by atoms with Crippen molar-refractivity contribution in [2.75, 3.05) is 11.9 Å². The number of carbonyl (C=O) groups excluding carboxylic acids is 1. The summed E-state index contributed by atoms with van der Waals surface area (Å²) in [6.07, 6.45) is 0. The Morgan fingerprint density at radius 2 is 2.36 bits per heavy atom. The molecule has 0 saturated carbocycles. The van der Waals surface area contributed by atoms with Crippen LogP contribution in [0.2, 0.25) is 0 Å². The molecular formula is C10H11BrN2O. The van der Waals surface area contributed by atoms with E-state index in [0.29, 0.717) is 0 Å². The Balaban J connectivity index is 2.44. The summed E-state index contributed by atoms with van der Waals surface area (Å²) in [5.74, 6) is 0.0220. The molecule has 0 fully saturated rings. The molecule has 1 heterocycles. The Labute approximate surface area is 91.0 Å². The van der Waals surface area contributed by atoms with Crippen molar-refractivity contribution in [2.24, 2.45) is 0 Å². The molecule has 1 atom stereocenters. The molecule has 1 aliphatic rings. The Morgan fingerprint density at radius 1 is 1.57 bits per heavy atom. The first kappa shape index (κ1) is 9.68. The zero-order valence-electron chi connectivity index (χ0n) is 7.80. The molecule has 0 aromatic heterocycles. The SMILES string of the molecule is CCNC1C(=O)Nc2cccc(Br)c21. The van der Waals surface area contributed by atoms with Gasteiger partial charge >= 0.3 is 0 Å². The summed E-state index contributed by atoms with van der Waals surface area (Å²) in [5, 5.41) is 5.99. The highest BCUT2D eigenvalue weighted by Gasteiger charge is 2.31. The highest BCUT2D eigenvalue weighted by Crippen LogP contribution is 2.36. The molecule has 1 unspecified atom stereocenters. The third-order valence-electron chi connectivity index (χ3n) is 2.27. The molecule has 1 amide bonds. The summed E-state index contributed by atoms with van der Waals surface area (Å²) in [5.41, 5.74) is 1.91. The second kappa shape index (κ2) is 3.71. The van der Waals surface area contributed by atoms with Gasteiger partial charge in [-0.2, -0.15) is 0 Å². The Kier molecular flexibility index (Phi) is 2.56. The lowest BCUT2D eigenvalue weighted by molar-refractivity contribution is -0.117. The van der Waals surface area contributed by atoms with E-state index in [-0.39, 0.29) is 11.9 Å². The van der Waals surface area contributed by atoms with Gasteiger partial charge < -0.3 is 10.6 Å². The van der Waals surface area contributed by atoms with Crippen LogP contribution in [0.15, 0.2) is 22.7 Å². The first-order chi connectivity index (χ1) is 6.74. The number of halogens is 1. The van der Waals surface area contributed by atoms with Crippen LogP contribution in [0, 0.1) is 0 Å². The first-order valence-corrected chi connectivity index (χ1v) is 5.36. The van der Waals surface area contributed by atoms with Crippen molar-refractivity contribution in [1.29, 1.82) is 0 Å². The maximum absolute atomic E-state index is 11.6. The molecule has 0 saturated heterocycles. The summed E-state index contributed by atoms with van der Waals surface area (Å²) in [6.45, 7) is 2.76. The van der Waals surface area contributed by atoms with Crippen molar-refractivity contribution < 1.29 is 4.79 Å². The predicted octanol–water partition coefficient (Wildman–Crippen LogP) is 2.05. The van der Waals surface area contributed by atoms with Crippen LogP contribution in [0.3, 0.4) is 0 Å². The van der Waals surface area contributed by atoms with Crippen molar-refractivity contribution in [3.8, 4) is 0 Å². The van der Waals surface area contributed by atoms with Gasteiger partial charge in [-0.25, -0.2) is 0 Å². The van der Waals surface area contributed by atoms with Crippen LogP contribution in [0.25, 0.3) is 0 Å². The Hall–Kier alpha value is -0.870. The Bertz CT molecular complexity index is 378. The fourth-order valence-corrected chi connectivity index (χ4v) is 2.27. The molecule has 14 heavy (non-hydrogen) atoms. The van der Waals surface area contributed by atoms with E-state index in [9.17, 15) is 4.79 Å². The van der Waals surface area contributed by atoms with Crippen molar-refractivity contribution in [1.82, 2.24) is 5.32 Å². The van der Waals surface area contributed by atoms with E-state index in [2.05, 4.69) is 26.6 Å². The number of anilines is 1. The van der Waals surface area contributed by atoms with Crippen LogP contribution in [-0.2, 0) is 4.79 Å². The van der Waals surface area contributed by atoms with Crippen LogP contribution < -0.4 is 10.6 Å². The van der Waals surface area contributed by atoms with E-state index in [1.807, 2.05) is 25.1 Å². The fraction of sp³-hybridized carbons (Fsp3) is 0.300. The van der Waals surface area contributed by atoms with Gasteiger partial charge in [0.05, 0.1) is 0 Å². The van der Waals surface area contributed by atoms with Crippen molar-refractivity contribution >= 4 is 27.5 Å². The summed E-state index contributed by atoms with van der Waals surface area (Å²) in [7, 11) is 0. The second-order valence-electron chi connectivity index (χ2n) is 3.18. The third kappa shape index (κ3) is 1.44. The largest absolute Gasteiger partial charge is 0.324 e. The van der Waals surface area contributed by atoms with E-state index in [0.717, 1.165) is 22.3 Å². The van der Waals surface area contributed by atoms with Gasteiger partial charge in [0.25, 0.3) is 0 Å². The van der Waals surface area contributed by atoms with Crippen molar-refractivity contribution in [2.45, 2.75) is 13.0 Å². The van der Waals surface area contributed by atoms with Crippen molar-refractivity contribution in [3.63, 3.8) is 0 Å². The summed E-state index contributed by atoms with van der Waals surface area (Å²) < 4.78 is 0.972. The highest BCUT2D eigenvalue weighted by molar-refractivity contribution is 9.10. The quantitative estimate of drug-likeness (QED) is 0.849. The molecule has 0 radical (unpaired) electrons. The number of nitrogens with one attached hydrogen (secondary N) is 2. The zero-order valence-corrected chi connectivity index (χ0v) is 9.39. The number of fused-ring (bicyclic) bond motifs is 1. The number of likely N-dealkylation sites (N-methyl/N-ethyl adjacent to an activating group) is 1. The summed E-state index contributed by atoms with van der Waals surface area (Å²) in [4.78, 5) is 11.6. The van der Waals surface area contributed by atoms with Gasteiger partial charge in [-0.1, -0.05) is 28.9 Å². The average molecular weight is 255 g/mol. The summed E-state index contributed by atoms with van der Waals surface area (Å²) in [6, 6.07) is 5.56. The van der Waals surface area contributed by atoms with E-state index in [1.165, 1.54) is 0 Å². The van der Waals surface area contributed by atoms with Gasteiger partial charge in [0, 0.05) is 15.7 Å². The Morgan fingerprint density at radius 3 is 3.07 bits per heavy atom. The lowest BCUT2D eigenvalue weighted by Crippen LogP contribution is -2.27. The number of rotatable bonds is 2. The minimum atomic E-state index is -0.217. The highest BCUT2D eigenvalue weighted by atomic mass is 79.9. The van der Waals surface area contributed by atoms with Crippen LogP contribution in [0.4, 0.5) is 5.69 Å². The maximum atomic E-state index is 11.6. The van der Waals surface area contributed by atoms with Crippen LogP contribution in [0.5, 0.6) is 0 Å². The van der Waals surface area contributed by atoms with Gasteiger partial charge in [0.1, 0.15) is 6.04 Å². The monoisotopic (exact) mass is 254 g/mol. The molecule has 3 nitrogen and oxygen atoms in total. The van der Waals surface area contributed by atoms with Crippen molar-refractivity contribution in [3.05, 3.63) is 28.2 Å². The minimum Gasteiger partial charge on any atom is -0.324 e. The molecule has 0 spiro atoms. The number of benzene rings is 1. The predicted molar refractivity (Wildman–Crippen MR) is 59.2 cm³/mol. The van der Waals surface area contributed by atoms with E-state index in [4.69, 9.17) is 0 Å². The average Bonchev–Trinajstić information content (AvgIpc) is 2.45. The molecule has 2 rings (SSSR count). The lowest BCUT2D eigenvalue weighted by atomic mass is 10.1. The molecule has 0 bridgehead atoms. The lowest BCUT2D eigenvalue weighted by Gasteiger charge is -2.10. The minimum absolute atomic E-state index is 0.0220. The van der Waals surface area contributed by atoms with E-state index >= 15 is 0 Å². The first-order valence-electron chi connectivity index (χ1n) is 4.56. The van der Waals surface area contributed by atoms with E-state index in [1.54, 1.807) is 0 Å². The van der Waals surface area contributed by atoms with Crippen LogP contribution in [0.1, 0.15) is 18.5 Å². The molecule has 0 aliphatic carbocycles. The van der Waals surface area contributed by atoms with Gasteiger partial charge in [-0.3, -0.25) is 4.79 Å². The number of hydrogen-bond donors (Lipinski definition) is 2. The van der Waals surface area contributed by atoms with E-state index < -0.39 is 0 Å². The van der Waals surface area contributed by atoms with Gasteiger partial charge in [-0.15, -0.1) is 0 Å². The standard InChI is InChI=1S/C10H11BrN2O/c1-2-12-9-8-6(11)4-3-5-7(8)13-10(9)14/h3-5,9,12H,2H2,1H3,(H,13,14). The number of carbonyl (C=O) groups is 1. The topological polar surface area (TPSA) is 41.1 Å². The molecule has 1 aromatic carbocycles.